The van der Waals surface area contributed by atoms with Crippen LogP contribution in [0, 0.1) is 5.92 Å². The molecule has 0 saturated heterocycles. The van der Waals surface area contributed by atoms with Gasteiger partial charge in [-0.25, -0.2) is 8.42 Å². The lowest BCUT2D eigenvalue weighted by atomic mass is 9.99. The minimum atomic E-state index is -3.99. The quantitative estimate of drug-likeness (QED) is 0.361. The molecule has 0 aliphatic heterocycles. The fourth-order valence-corrected chi connectivity index (χ4v) is 5.34. The fourth-order valence-electron chi connectivity index (χ4n) is 3.50. The van der Waals surface area contributed by atoms with E-state index in [0.29, 0.717) is 30.5 Å². The Morgan fingerprint density at radius 2 is 1.79 bits per heavy atom. The number of sulfonamides is 1. The van der Waals surface area contributed by atoms with Crippen LogP contribution in [0.1, 0.15) is 46.5 Å². The first kappa shape index (κ1) is 27.1. The van der Waals surface area contributed by atoms with Crippen molar-refractivity contribution in [3.05, 3.63) is 48.5 Å². The summed E-state index contributed by atoms with van der Waals surface area (Å²) in [5.41, 5.74) is 0.349. The van der Waals surface area contributed by atoms with E-state index >= 15 is 0 Å². The molecule has 2 aromatic carbocycles. The average molecular weight is 493 g/mol. The summed E-state index contributed by atoms with van der Waals surface area (Å²) < 4.78 is 34.1. The average Bonchev–Trinajstić information content (AvgIpc) is 2.83. The number of thioether (sulfide) groups is 1. The van der Waals surface area contributed by atoms with Crippen LogP contribution in [0.15, 0.2) is 58.3 Å². The van der Waals surface area contributed by atoms with Gasteiger partial charge in [0, 0.05) is 11.4 Å². The number of hydrogen-bond acceptors (Lipinski definition) is 5. The van der Waals surface area contributed by atoms with Crippen molar-refractivity contribution in [2.24, 2.45) is 5.92 Å². The lowest BCUT2D eigenvalue weighted by Gasteiger charge is -2.26. The lowest BCUT2D eigenvalue weighted by Crippen LogP contribution is -2.42. The minimum Gasteiger partial charge on any atom is -0.492 e. The number of carbonyl (C=O) groups excluding carboxylic acids is 1. The Balaban J connectivity index is 2.34. The van der Waals surface area contributed by atoms with Gasteiger partial charge in [0.2, 0.25) is 5.91 Å². The Labute approximate surface area is 203 Å². The Bertz CT molecular complexity index is 978. The number of amides is 1. The van der Waals surface area contributed by atoms with Crippen molar-refractivity contribution in [3.63, 3.8) is 0 Å². The molecule has 0 bridgehead atoms. The maximum atomic E-state index is 13.6. The largest absolute Gasteiger partial charge is 0.492 e. The maximum Gasteiger partial charge on any atom is 0.264 e. The van der Waals surface area contributed by atoms with E-state index < -0.39 is 10.0 Å². The van der Waals surface area contributed by atoms with Crippen LogP contribution in [0.25, 0.3) is 0 Å². The number of benzene rings is 2. The summed E-state index contributed by atoms with van der Waals surface area (Å²) in [5.74, 6) is 0.473. The summed E-state index contributed by atoms with van der Waals surface area (Å²) in [5, 5.41) is 2.95. The molecule has 8 heteroatoms. The van der Waals surface area contributed by atoms with Crippen LogP contribution in [0.3, 0.4) is 0 Å². The molecule has 1 atom stereocenters. The second-order valence-electron chi connectivity index (χ2n) is 7.81. The molecular formula is C25H36N2O4S2. The molecule has 0 heterocycles. The van der Waals surface area contributed by atoms with Gasteiger partial charge < -0.3 is 10.1 Å². The first-order valence-corrected chi connectivity index (χ1v) is 14.2. The smallest absolute Gasteiger partial charge is 0.264 e. The van der Waals surface area contributed by atoms with Crippen LogP contribution < -0.4 is 14.4 Å². The highest BCUT2D eigenvalue weighted by molar-refractivity contribution is 7.98. The second-order valence-corrected chi connectivity index (χ2v) is 10.6. The number of anilines is 1. The molecule has 0 unspecified atom stereocenters. The monoisotopic (exact) mass is 492 g/mol. The molecule has 6 nitrogen and oxygen atoms in total. The zero-order chi connectivity index (χ0) is 24.3. The molecule has 0 fully saturated rings. The van der Waals surface area contributed by atoms with Gasteiger partial charge in [-0.1, -0.05) is 45.2 Å². The summed E-state index contributed by atoms with van der Waals surface area (Å²) in [6, 6.07) is 13.6. The van der Waals surface area contributed by atoms with Crippen molar-refractivity contribution in [1.29, 1.82) is 0 Å². The second kappa shape index (κ2) is 13.5. The molecular weight excluding hydrogens is 456 g/mol. The number of unbranched alkanes of at least 4 members (excludes halogenated alkanes) is 1. The van der Waals surface area contributed by atoms with Gasteiger partial charge in [-0.3, -0.25) is 9.10 Å². The Morgan fingerprint density at radius 3 is 2.39 bits per heavy atom. The van der Waals surface area contributed by atoms with Crippen LogP contribution in [0.2, 0.25) is 0 Å². The Kier molecular flexibility index (Phi) is 11.1. The molecule has 1 N–H and O–H groups in total. The van der Waals surface area contributed by atoms with Gasteiger partial charge >= 0.3 is 0 Å². The summed E-state index contributed by atoms with van der Waals surface area (Å²) in [7, 11) is -3.99. The van der Waals surface area contributed by atoms with Crippen LogP contribution in [-0.4, -0.2) is 40.3 Å². The Hall–Kier alpha value is -2.19. The van der Waals surface area contributed by atoms with Gasteiger partial charge in [-0.05, 0) is 61.9 Å². The topological polar surface area (TPSA) is 75.7 Å². The molecule has 0 saturated carbocycles. The number of carbonyl (C=O) groups is 1. The van der Waals surface area contributed by atoms with Gasteiger partial charge in [0.05, 0.1) is 17.2 Å². The van der Waals surface area contributed by atoms with Gasteiger partial charge in [-0.15, -0.1) is 11.8 Å². The van der Waals surface area contributed by atoms with Crippen molar-refractivity contribution in [2.75, 3.05) is 30.3 Å². The van der Waals surface area contributed by atoms with Crippen LogP contribution in [0.5, 0.6) is 5.75 Å². The number of ether oxygens (including phenoxy) is 1. The van der Waals surface area contributed by atoms with Crippen LogP contribution in [0.4, 0.5) is 5.69 Å². The third kappa shape index (κ3) is 7.67. The molecule has 2 rings (SSSR count). The molecule has 182 valence electrons. The predicted octanol–water partition coefficient (Wildman–Crippen LogP) is 5.34. The summed E-state index contributed by atoms with van der Waals surface area (Å²) in [6.45, 7) is 6.70. The SMILES string of the molecule is CCCC[C@@H](CC)CNC(=O)CN(c1ccccc1OCC)S(=O)(=O)c1ccc(SC)cc1. The number of nitrogens with zero attached hydrogens (tertiary/aromatic N) is 1. The summed E-state index contributed by atoms with van der Waals surface area (Å²) >= 11 is 1.54. The van der Waals surface area contributed by atoms with E-state index in [4.69, 9.17) is 4.74 Å². The van der Waals surface area contributed by atoms with Gasteiger partial charge in [0.1, 0.15) is 12.3 Å². The van der Waals surface area contributed by atoms with E-state index in [1.165, 1.54) is 11.8 Å². The normalized spacial score (nSPS) is 12.2. The standard InChI is InChI=1S/C25H36N2O4S2/c1-5-8-11-20(6-2)18-26-25(28)19-27(23-12-9-10-13-24(23)31-7-3)33(29,30)22-16-14-21(32-4)15-17-22/h9-10,12-17,20H,5-8,11,18-19H2,1-4H3,(H,26,28)/t20-/m1/s1. The first-order valence-electron chi connectivity index (χ1n) is 11.5. The number of rotatable bonds is 14. The molecule has 0 aliphatic carbocycles. The van der Waals surface area contributed by atoms with Crippen molar-refractivity contribution in [2.45, 2.75) is 56.2 Å². The third-order valence-corrected chi connectivity index (χ3v) is 8.02. The summed E-state index contributed by atoms with van der Waals surface area (Å²) in [6.07, 6.45) is 6.17. The summed E-state index contributed by atoms with van der Waals surface area (Å²) in [4.78, 5) is 14.0. The van der Waals surface area contributed by atoms with Gasteiger partial charge in [-0.2, -0.15) is 0 Å². The van der Waals surface area contributed by atoms with Crippen molar-refractivity contribution >= 4 is 33.4 Å². The molecule has 0 radical (unpaired) electrons. The first-order chi connectivity index (χ1) is 15.9. The van der Waals surface area contributed by atoms with E-state index in [1.54, 1.807) is 48.5 Å². The fraction of sp³-hybridized carbons (Fsp3) is 0.480. The number of nitrogens with one attached hydrogen (secondary N) is 1. The molecule has 0 aromatic heterocycles. The Morgan fingerprint density at radius 1 is 1.09 bits per heavy atom. The van der Waals surface area contributed by atoms with Gasteiger partial charge in [0.15, 0.2) is 0 Å². The highest BCUT2D eigenvalue weighted by Gasteiger charge is 2.29. The van der Waals surface area contributed by atoms with Crippen molar-refractivity contribution in [1.82, 2.24) is 5.32 Å². The van der Waals surface area contributed by atoms with Crippen molar-refractivity contribution < 1.29 is 17.9 Å². The lowest BCUT2D eigenvalue weighted by molar-refractivity contribution is -0.119. The van der Waals surface area contributed by atoms with E-state index in [0.717, 1.165) is 34.9 Å². The van der Waals surface area contributed by atoms with E-state index in [2.05, 4.69) is 19.2 Å². The highest BCUT2D eigenvalue weighted by Crippen LogP contribution is 2.33. The molecule has 2 aromatic rings. The number of hydrogen-bond donors (Lipinski definition) is 1. The van der Waals surface area contributed by atoms with Gasteiger partial charge in [0.25, 0.3) is 10.0 Å². The zero-order valence-corrected chi connectivity index (χ0v) is 21.7. The van der Waals surface area contributed by atoms with E-state index in [9.17, 15) is 13.2 Å². The van der Waals surface area contributed by atoms with Crippen molar-refractivity contribution in [3.8, 4) is 5.75 Å². The van der Waals surface area contributed by atoms with Crippen LogP contribution >= 0.6 is 11.8 Å². The molecule has 0 aliphatic rings. The number of para-hydroxylation sites is 2. The zero-order valence-electron chi connectivity index (χ0n) is 20.0. The predicted molar refractivity (Wildman–Crippen MR) is 137 cm³/mol. The third-order valence-electron chi connectivity index (χ3n) is 5.50. The van der Waals surface area contributed by atoms with E-state index in [1.807, 2.05) is 13.2 Å². The molecule has 1 amide bonds. The van der Waals surface area contributed by atoms with Crippen LogP contribution in [-0.2, 0) is 14.8 Å². The highest BCUT2D eigenvalue weighted by atomic mass is 32.2. The molecule has 0 spiro atoms. The maximum absolute atomic E-state index is 13.6. The minimum absolute atomic E-state index is 0.133. The molecule has 33 heavy (non-hydrogen) atoms. The van der Waals surface area contributed by atoms with E-state index in [-0.39, 0.29) is 17.3 Å².